The fourth-order valence-corrected chi connectivity index (χ4v) is 5.85. The third kappa shape index (κ3) is 4.23. The van der Waals surface area contributed by atoms with Crippen molar-refractivity contribution < 1.29 is 4.74 Å². The van der Waals surface area contributed by atoms with Gasteiger partial charge < -0.3 is 15.0 Å². The van der Waals surface area contributed by atoms with Crippen molar-refractivity contribution in [2.45, 2.75) is 32.6 Å². The third-order valence-corrected chi connectivity index (χ3v) is 7.38. The van der Waals surface area contributed by atoms with Gasteiger partial charge in [0.25, 0.3) is 0 Å². The molecule has 4 heterocycles. The van der Waals surface area contributed by atoms with Crippen molar-refractivity contribution in [1.29, 1.82) is 0 Å². The SMILES string of the molecule is Cc1cnn(C)c1-c1ccc(NCC2C[C@@H]3CN(CC4CCOCC4)C[C@@H]3C2)nn1. The van der Waals surface area contributed by atoms with Gasteiger partial charge in [0, 0.05) is 46.4 Å². The number of hydrogen-bond donors (Lipinski definition) is 1. The average Bonchev–Trinajstić information content (AvgIpc) is 3.41. The minimum atomic E-state index is 0.756. The topological polar surface area (TPSA) is 68.1 Å². The predicted molar refractivity (Wildman–Crippen MR) is 117 cm³/mol. The van der Waals surface area contributed by atoms with E-state index in [1.165, 1.54) is 45.3 Å². The number of rotatable bonds is 6. The maximum atomic E-state index is 5.51. The Hall–Kier alpha value is -1.99. The highest BCUT2D eigenvalue weighted by Crippen LogP contribution is 2.42. The lowest BCUT2D eigenvalue weighted by molar-refractivity contribution is 0.0544. The van der Waals surface area contributed by atoms with Gasteiger partial charge in [-0.3, -0.25) is 4.68 Å². The van der Waals surface area contributed by atoms with E-state index >= 15 is 0 Å². The first-order valence-corrected chi connectivity index (χ1v) is 11.5. The molecule has 7 nitrogen and oxygen atoms in total. The van der Waals surface area contributed by atoms with Crippen LogP contribution < -0.4 is 5.32 Å². The second kappa shape index (κ2) is 8.63. The van der Waals surface area contributed by atoms with Gasteiger partial charge in [0.15, 0.2) is 0 Å². The van der Waals surface area contributed by atoms with Gasteiger partial charge in [0.1, 0.15) is 11.5 Å². The lowest BCUT2D eigenvalue weighted by atomic mass is 9.99. The number of aromatic nitrogens is 4. The highest BCUT2D eigenvalue weighted by atomic mass is 16.5. The summed E-state index contributed by atoms with van der Waals surface area (Å²) in [7, 11) is 1.94. The molecule has 1 N–H and O–H groups in total. The number of nitrogens with zero attached hydrogens (tertiary/aromatic N) is 5. The summed E-state index contributed by atoms with van der Waals surface area (Å²) in [5.41, 5.74) is 3.02. The van der Waals surface area contributed by atoms with Crippen LogP contribution in [-0.2, 0) is 11.8 Å². The lowest BCUT2D eigenvalue weighted by Crippen LogP contribution is -2.32. The Morgan fingerprint density at radius 3 is 2.47 bits per heavy atom. The van der Waals surface area contributed by atoms with E-state index in [4.69, 9.17) is 4.74 Å². The van der Waals surface area contributed by atoms with Gasteiger partial charge in [0.2, 0.25) is 0 Å². The molecule has 2 aliphatic heterocycles. The van der Waals surface area contributed by atoms with E-state index in [1.807, 2.05) is 30.1 Å². The number of nitrogens with one attached hydrogen (secondary N) is 1. The minimum Gasteiger partial charge on any atom is -0.381 e. The first-order valence-electron chi connectivity index (χ1n) is 11.5. The number of hydrogen-bond acceptors (Lipinski definition) is 6. The normalized spacial score (nSPS) is 27.5. The van der Waals surface area contributed by atoms with Crippen LogP contribution in [-0.4, -0.2) is 64.3 Å². The Morgan fingerprint density at radius 1 is 1.07 bits per heavy atom. The molecule has 30 heavy (non-hydrogen) atoms. The quantitative estimate of drug-likeness (QED) is 0.790. The zero-order valence-corrected chi connectivity index (χ0v) is 18.3. The molecule has 1 saturated carbocycles. The number of anilines is 1. The van der Waals surface area contributed by atoms with Crippen molar-refractivity contribution in [3.05, 3.63) is 23.9 Å². The Bertz CT molecular complexity index is 810. The largest absolute Gasteiger partial charge is 0.381 e. The second-order valence-corrected chi connectivity index (χ2v) is 9.62. The van der Waals surface area contributed by atoms with Crippen LogP contribution in [0.25, 0.3) is 11.4 Å². The van der Waals surface area contributed by atoms with Gasteiger partial charge in [-0.05, 0) is 74.0 Å². The Labute approximate surface area is 179 Å². The second-order valence-electron chi connectivity index (χ2n) is 9.62. The summed E-state index contributed by atoms with van der Waals surface area (Å²) in [6, 6.07) is 4.08. The van der Waals surface area contributed by atoms with Crippen LogP contribution in [0.3, 0.4) is 0 Å². The molecule has 2 aromatic rings. The molecule has 5 rings (SSSR count). The van der Waals surface area contributed by atoms with Crippen molar-refractivity contribution in [2.24, 2.45) is 30.7 Å². The molecule has 1 aliphatic carbocycles. The van der Waals surface area contributed by atoms with E-state index in [0.717, 1.165) is 66.2 Å². The number of ether oxygens (including phenoxy) is 1. The zero-order chi connectivity index (χ0) is 20.5. The van der Waals surface area contributed by atoms with Crippen molar-refractivity contribution >= 4 is 5.82 Å². The van der Waals surface area contributed by atoms with Crippen molar-refractivity contribution in [2.75, 3.05) is 44.7 Å². The Morgan fingerprint density at radius 2 is 1.83 bits per heavy atom. The van der Waals surface area contributed by atoms with Gasteiger partial charge >= 0.3 is 0 Å². The van der Waals surface area contributed by atoms with Gasteiger partial charge in [-0.25, -0.2) is 0 Å². The van der Waals surface area contributed by atoms with Crippen molar-refractivity contribution in [3.63, 3.8) is 0 Å². The fraction of sp³-hybridized carbons (Fsp3) is 0.696. The van der Waals surface area contributed by atoms with Crippen LogP contribution in [0.1, 0.15) is 31.2 Å². The summed E-state index contributed by atoms with van der Waals surface area (Å²) >= 11 is 0. The average molecular weight is 411 g/mol. The molecule has 0 aromatic carbocycles. The van der Waals surface area contributed by atoms with E-state index < -0.39 is 0 Å². The molecule has 0 radical (unpaired) electrons. The molecule has 0 bridgehead atoms. The van der Waals surface area contributed by atoms with Gasteiger partial charge in [0.05, 0.1) is 11.9 Å². The van der Waals surface area contributed by atoms with Crippen LogP contribution >= 0.6 is 0 Å². The summed E-state index contributed by atoms with van der Waals surface area (Å²) in [5, 5.41) is 16.7. The van der Waals surface area contributed by atoms with Crippen LogP contribution in [0, 0.1) is 30.6 Å². The number of likely N-dealkylation sites (tertiary alicyclic amines) is 1. The molecule has 2 saturated heterocycles. The Balaban J connectivity index is 1.09. The third-order valence-electron chi connectivity index (χ3n) is 7.38. The maximum Gasteiger partial charge on any atom is 0.148 e. The lowest BCUT2D eigenvalue weighted by Gasteiger charge is -2.27. The summed E-state index contributed by atoms with van der Waals surface area (Å²) in [5.74, 6) is 4.25. The van der Waals surface area contributed by atoms with Crippen LogP contribution in [0.4, 0.5) is 5.82 Å². The highest BCUT2D eigenvalue weighted by Gasteiger charge is 2.41. The van der Waals surface area contributed by atoms with E-state index in [9.17, 15) is 0 Å². The van der Waals surface area contributed by atoms with Crippen molar-refractivity contribution in [1.82, 2.24) is 24.9 Å². The summed E-state index contributed by atoms with van der Waals surface area (Å²) in [6.45, 7) is 8.88. The van der Waals surface area contributed by atoms with Crippen LogP contribution in [0.2, 0.25) is 0 Å². The smallest absolute Gasteiger partial charge is 0.148 e. The fourth-order valence-electron chi connectivity index (χ4n) is 5.85. The number of aryl methyl sites for hydroxylation is 2. The van der Waals surface area contributed by atoms with Gasteiger partial charge in [-0.2, -0.15) is 5.10 Å². The molecule has 0 amide bonds. The molecule has 7 heteroatoms. The van der Waals surface area contributed by atoms with Gasteiger partial charge in [-0.15, -0.1) is 10.2 Å². The first-order chi connectivity index (χ1) is 14.7. The maximum absolute atomic E-state index is 5.51. The monoisotopic (exact) mass is 410 g/mol. The molecule has 0 spiro atoms. The van der Waals surface area contributed by atoms with E-state index in [-0.39, 0.29) is 0 Å². The molecule has 2 aromatic heterocycles. The minimum absolute atomic E-state index is 0.756. The van der Waals surface area contributed by atoms with Crippen LogP contribution in [0.15, 0.2) is 18.3 Å². The summed E-state index contributed by atoms with van der Waals surface area (Å²) in [6.07, 6.45) is 7.06. The molecular formula is C23H34N6O. The first kappa shape index (κ1) is 19.9. The Kier molecular flexibility index (Phi) is 5.74. The highest BCUT2D eigenvalue weighted by molar-refractivity contribution is 5.59. The molecular weight excluding hydrogens is 376 g/mol. The molecule has 3 aliphatic rings. The van der Waals surface area contributed by atoms with Crippen molar-refractivity contribution in [3.8, 4) is 11.4 Å². The standard InChI is InChI=1S/C23H34N6O/c1-16-11-25-28(2)23(16)21-3-4-22(27-26-21)24-12-18-9-19-14-29(15-20(19)10-18)13-17-5-7-30-8-6-17/h3-4,11,17-20H,5-10,12-15H2,1-2H3,(H,24,27)/t18?,19-,20+. The molecule has 162 valence electrons. The molecule has 3 fully saturated rings. The van der Waals surface area contributed by atoms with E-state index in [2.05, 4.69) is 32.4 Å². The summed E-state index contributed by atoms with van der Waals surface area (Å²) in [4.78, 5) is 2.74. The molecule has 3 atom stereocenters. The zero-order valence-electron chi connectivity index (χ0n) is 18.3. The van der Waals surface area contributed by atoms with Crippen LogP contribution in [0.5, 0.6) is 0 Å². The predicted octanol–water partition coefficient (Wildman–Crippen LogP) is 2.98. The molecule has 1 unspecified atom stereocenters. The van der Waals surface area contributed by atoms with E-state index in [1.54, 1.807) is 0 Å². The van der Waals surface area contributed by atoms with E-state index in [0.29, 0.717) is 0 Å². The van der Waals surface area contributed by atoms with Gasteiger partial charge in [-0.1, -0.05) is 0 Å². The summed E-state index contributed by atoms with van der Waals surface area (Å²) < 4.78 is 7.37. The number of fused-ring (bicyclic) bond motifs is 1.